The van der Waals surface area contributed by atoms with Gasteiger partial charge >= 0.3 is 11.9 Å². The fourth-order valence-electron chi connectivity index (χ4n) is 1.14. The smallest absolute Gasteiger partial charge is 0.321 e. The first-order valence-electron chi connectivity index (χ1n) is 5.12. The lowest BCUT2D eigenvalue weighted by Gasteiger charge is -2.13. The van der Waals surface area contributed by atoms with Crippen molar-refractivity contribution in [1.82, 2.24) is 4.72 Å². The monoisotopic (exact) mass is 267 g/mol. The number of nitrogens with one attached hydrogen (secondary N) is 1. The lowest BCUT2D eigenvalue weighted by molar-refractivity contribution is -0.142. The van der Waals surface area contributed by atoms with Crippen LogP contribution in [-0.2, 0) is 24.3 Å². The number of ether oxygens (including phenoxy) is 1. The lowest BCUT2D eigenvalue weighted by Crippen LogP contribution is -2.42. The predicted octanol–water partition coefficient (Wildman–Crippen LogP) is -0.278. The molecule has 0 aromatic carbocycles. The van der Waals surface area contributed by atoms with Crippen LogP contribution in [0.15, 0.2) is 0 Å². The average Bonchev–Trinajstić information content (AvgIpc) is 2.23. The van der Waals surface area contributed by atoms with Gasteiger partial charge in [-0.3, -0.25) is 9.59 Å². The fraction of sp³-hybridized carbons (Fsp3) is 0.778. The second-order valence-electron chi connectivity index (χ2n) is 3.44. The molecule has 0 saturated carbocycles. The van der Waals surface area contributed by atoms with Crippen LogP contribution in [-0.4, -0.2) is 44.4 Å². The van der Waals surface area contributed by atoms with E-state index in [2.05, 4.69) is 4.74 Å². The number of methoxy groups -OCH3 is 1. The van der Waals surface area contributed by atoms with E-state index in [4.69, 9.17) is 5.11 Å². The second-order valence-corrected chi connectivity index (χ2v) is 5.32. The molecule has 7 nitrogen and oxygen atoms in total. The SMILES string of the molecule is CCCS(=O)(=O)N[C@@H](CCC(=O)OC)C(=O)O. The molecule has 0 aliphatic rings. The summed E-state index contributed by atoms with van der Waals surface area (Å²) in [7, 11) is -2.43. The standard InChI is InChI=1S/C9H17NO6S/c1-3-6-17(14,15)10-7(9(12)13)4-5-8(11)16-2/h7,10H,3-6H2,1-2H3,(H,12,13)/t7-/m0/s1. The van der Waals surface area contributed by atoms with Crippen LogP contribution in [0.5, 0.6) is 0 Å². The normalized spacial score (nSPS) is 13.1. The summed E-state index contributed by atoms with van der Waals surface area (Å²) in [6.45, 7) is 1.67. The van der Waals surface area contributed by atoms with Crippen molar-refractivity contribution in [3.8, 4) is 0 Å². The van der Waals surface area contributed by atoms with Crippen LogP contribution >= 0.6 is 0 Å². The summed E-state index contributed by atoms with van der Waals surface area (Å²) < 4.78 is 29.1. The van der Waals surface area contributed by atoms with E-state index in [1.165, 1.54) is 7.11 Å². The lowest BCUT2D eigenvalue weighted by atomic mass is 10.2. The van der Waals surface area contributed by atoms with Gasteiger partial charge in [0.15, 0.2) is 0 Å². The molecule has 0 bridgehead atoms. The summed E-state index contributed by atoms with van der Waals surface area (Å²) in [5, 5.41) is 8.81. The highest BCUT2D eigenvalue weighted by molar-refractivity contribution is 7.89. The number of sulfonamides is 1. The molecule has 0 aliphatic carbocycles. The molecule has 17 heavy (non-hydrogen) atoms. The zero-order valence-corrected chi connectivity index (χ0v) is 10.6. The summed E-state index contributed by atoms with van der Waals surface area (Å²) in [4.78, 5) is 21.6. The number of carboxylic acid groups (broad SMARTS) is 1. The molecular formula is C9H17NO6S. The van der Waals surface area contributed by atoms with Crippen LogP contribution in [0.25, 0.3) is 0 Å². The van der Waals surface area contributed by atoms with Crippen molar-refractivity contribution in [2.45, 2.75) is 32.2 Å². The summed E-state index contributed by atoms with van der Waals surface area (Å²) >= 11 is 0. The molecule has 0 aliphatic heterocycles. The Balaban J connectivity index is 4.45. The maximum Gasteiger partial charge on any atom is 0.321 e. The van der Waals surface area contributed by atoms with Gasteiger partial charge in [-0.25, -0.2) is 13.1 Å². The minimum Gasteiger partial charge on any atom is -0.480 e. The van der Waals surface area contributed by atoms with Crippen molar-refractivity contribution in [1.29, 1.82) is 0 Å². The quantitative estimate of drug-likeness (QED) is 0.585. The van der Waals surface area contributed by atoms with Crippen LogP contribution in [0.2, 0.25) is 0 Å². The molecule has 0 fully saturated rings. The van der Waals surface area contributed by atoms with Gasteiger partial charge in [0.25, 0.3) is 0 Å². The maximum atomic E-state index is 11.4. The summed E-state index contributed by atoms with van der Waals surface area (Å²) in [6.07, 6.45) is 0.103. The van der Waals surface area contributed by atoms with E-state index in [-0.39, 0.29) is 18.6 Å². The van der Waals surface area contributed by atoms with E-state index < -0.39 is 28.0 Å². The third kappa shape index (κ3) is 6.90. The number of esters is 1. The van der Waals surface area contributed by atoms with Crippen molar-refractivity contribution >= 4 is 22.0 Å². The minimum absolute atomic E-state index is 0.134. The van der Waals surface area contributed by atoms with Crippen LogP contribution in [0.1, 0.15) is 26.2 Å². The van der Waals surface area contributed by atoms with Gasteiger partial charge in [-0.2, -0.15) is 0 Å². The fourth-order valence-corrected chi connectivity index (χ4v) is 2.45. The number of carbonyl (C=O) groups excluding carboxylic acids is 1. The summed E-state index contributed by atoms with van der Waals surface area (Å²) in [6, 6.07) is -1.30. The van der Waals surface area contributed by atoms with Gasteiger partial charge in [0.2, 0.25) is 10.0 Å². The Morgan fingerprint density at radius 1 is 1.41 bits per heavy atom. The molecule has 1 atom stereocenters. The van der Waals surface area contributed by atoms with Gasteiger partial charge in [0, 0.05) is 6.42 Å². The highest BCUT2D eigenvalue weighted by Gasteiger charge is 2.24. The van der Waals surface area contributed by atoms with Gasteiger partial charge < -0.3 is 9.84 Å². The van der Waals surface area contributed by atoms with E-state index in [9.17, 15) is 18.0 Å². The van der Waals surface area contributed by atoms with Crippen molar-refractivity contribution < 1.29 is 27.9 Å². The predicted molar refractivity (Wildman–Crippen MR) is 59.9 cm³/mol. The number of carbonyl (C=O) groups is 2. The first-order valence-corrected chi connectivity index (χ1v) is 6.77. The maximum absolute atomic E-state index is 11.4. The molecule has 0 aromatic rings. The first-order chi connectivity index (χ1) is 7.82. The van der Waals surface area contributed by atoms with E-state index in [1.807, 2.05) is 4.72 Å². The molecule has 100 valence electrons. The number of hydrogen-bond donors (Lipinski definition) is 2. The Morgan fingerprint density at radius 2 is 2.00 bits per heavy atom. The van der Waals surface area contributed by atoms with Crippen LogP contribution in [0.4, 0.5) is 0 Å². The topological polar surface area (TPSA) is 110 Å². The molecular weight excluding hydrogens is 250 g/mol. The molecule has 2 N–H and O–H groups in total. The number of rotatable bonds is 8. The molecule has 0 unspecified atom stereocenters. The molecule has 0 spiro atoms. The second kappa shape index (κ2) is 7.23. The van der Waals surface area contributed by atoms with Gasteiger partial charge in [-0.15, -0.1) is 0 Å². The van der Waals surface area contributed by atoms with Crippen molar-refractivity contribution in [3.05, 3.63) is 0 Å². The Hall–Kier alpha value is -1.15. The molecule has 8 heteroatoms. The highest BCUT2D eigenvalue weighted by Crippen LogP contribution is 2.02. The van der Waals surface area contributed by atoms with Crippen molar-refractivity contribution in [2.24, 2.45) is 0 Å². The minimum atomic E-state index is -3.61. The van der Waals surface area contributed by atoms with Crippen LogP contribution in [0.3, 0.4) is 0 Å². The Labute approximate surface area is 100 Å². The van der Waals surface area contributed by atoms with Crippen molar-refractivity contribution in [2.75, 3.05) is 12.9 Å². The van der Waals surface area contributed by atoms with E-state index in [1.54, 1.807) is 6.92 Å². The highest BCUT2D eigenvalue weighted by atomic mass is 32.2. The third-order valence-electron chi connectivity index (χ3n) is 1.96. The van der Waals surface area contributed by atoms with Gasteiger partial charge in [0.05, 0.1) is 12.9 Å². The van der Waals surface area contributed by atoms with E-state index in [0.717, 1.165) is 0 Å². The van der Waals surface area contributed by atoms with Crippen LogP contribution in [0, 0.1) is 0 Å². The number of hydrogen-bond acceptors (Lipinski definition) is 5. The van der Waals surface area contributed by atoms with E-state index in [0.29, 0.717) is 6.42 Å². The molecule has 0 radical (unpaired) electrons. The van der Waals surface area contributed by atoms with Gasteiger partial charge in [0.1, 0.15) is 6.04 Å². The Bertz CT molecular complexity index is 364. The summed E-state index contributed by atoms with van der Waals surface area (Å²) in [5.41, 5.74) is 0. The molecule has 0 amide bonds. The largest absolute Gasteiger partial charge is 0.480 e. The average molecular weight is 267 g/mol. The summed E-state index contributed by atoms with van der Waals surface area (Å²) in [5.74, 6) is -2.03. The Morgan fingerprint density at radius 3 is 2.41 bits per heavy atom. The zero-order chi connectivity index (χ0) is 13.5. The number of carboxylic acids is 1. The molecule has 0 rings (SSSR count). The zero-order valence-electron chi connectivity index (χ0n) is 9.80. The van der Waals surface area contributed by atoms with Gasteiger partial charge in [-0.1, -0.05) is 6.92 Å². The van der Waals surface area contributed by atoms with Crippen LogP contribution < -0.4 is 4.72 Å². The third-order valence-corrected chi connectivity index (χ3v) is 3.55. The Kier molecular flexibility index (Phi) is 6.74. The molecule has 0 saturated heterocycles. The molecule has 0 heterocycles. The molecule has 0 aromatic heterocycles. The first kappa shape index (κ1) is 15.9. The van der Waals surface area contributed by atoms with Gasteiger partial charge in [-0.05, 0) is 12.8 Å². The van der Waals surface area contributed by atoms with E-state index >= 15 is 0 Å². The number of aliphatic carboxylic acids is 1. The van der Waals surface area contributed by atoms with Crippen molar-refractivity contribution in [3.63, 3.8) is 0 Å².